The minimum atomic E-state index is -0.833. The maximum atomic E-state index is 11.2. The number of hydrogen-bond donors (Lipinski definition) is 1. The maximum Gasteiger partial charge on any atom is 1.00 e. The van der Waals surface area contributed by atoms with E-state index in [1.54, 1.807) is 0 Å². The molecule has 2 saturated carbocycles. The molecule has 6 heteroatoms. The minimum Gasteiger partial charge on any atom is -1.00 e. The average molecular weight is 234 g/mol. The zero-order valence-electron chi connectivity index (χ0n) is 11.1. The molecule has 0 heterocycles. The molecule has 0 aromatic carbocycles. The standard InChI is InChI=1S/C9H10O3.C2H4O2.Li.H/c10-7-5-3-1-2-4-6(5)8(11)9(7)12;1-2(3)4;;/h5-6H,1-4H2;1H3,(H,3,4);;/q;;+1;-1. The molecule has 2 unspecified atom stereocenters. The number of Topliss-reactive ketones (excluding diaryl/α,β-unsaturated/α-hetero) is 3. The quantitative estimate of drug-likeness (QED) is 0.377. The van der Waals surface area contributed by atoms with Gasteiger partial charge in [-0.25, -0.2) is 0 Å². The van der Waals surface area contributed by atoms with Crippen molar-refractivity contribution in [2.45, 2.75) is 32.6 Å². The third-order valence-electron chi connectivity index (χ3n) is 2.89. The van der Waals surface area contributed by atoms with E-state index in [0.717, 1.165) is 32.6 Å². The van der Waals surface area contributed by atoms with Crippen LogP contribution in [-0.2, 0) is 19.2 Å². The van der Waals surface area contributed by atoms with E-state index in [2.05, 4.69) is 0 Å². The van der Waals surface area contributed by atoms with Gasteiger partial charge in [-0.15, -0.1) is 0 Å². The molecule has 2 fully saturated rings. The number of hydrogen-bond acceptors (Lipinski definition) is 4. The Morgan fingerprint density at radius 1 is 1.12 bits per heavy atom. The Hall–Kier alpha value is -0.923. The number of carbonyl (C=O) groups is 4. The number of carbonyl (C=O) groups excluding carboxylic acids is 3. The Balaban J connectivity index is 0. The van der Waals surface area contributed by atoms with Gasteiger partial charge in [0, 0.05) is 18.8 Å². The summed E-state index contributed by atoms with van der Waals surface area (Å²) in [5.74, 6) is -2.93. The van der Waals surface area contributed by atoms with Gasteiger partial charge in [0.2, 0.25) is 11.6 Å². The number of carboxylic acid groups (broad SMARTS) is 1. The van der Waals surface area contributed by atoms with E-state index in [9.17, 15) is 14.4 Å². The predicted molar refractivity (Wildman–Crippen MR) is 54.9 cm³/mol. The summed E-state index contributed by atoms with van der Waals surface area (Å²) in [4.78, 5) is 42.3. The fourth-order valence-electron chi connectivity index (χ4n) is 2.22. The summed E-state index contributed by atoms with van der Waals surface area (Å²) in [6.07, 6.45) is 3.43. The van der Waals surface area contributed by atoms with Crippen molar-refractivity contribution < 1.29 is 44.6 Å². The van der Waals surface area contributed by atoms with Crippen molar-refractivity contribution in [2.24, 2.45) is 11.8 Å². The smallest absolute Gasteiger partial charge is 1.00 e. The molecule has 0 aromatic rings. The summed E-state index contributed by atoms with van der Waals surface area (Å²) in [5.41, 5.74) is 0. The topological polar surface area (TPSA) is 88.5 Å². The summed E-state index contributed by atoms with van der Waals surface area (Å²) < 4.78 is 0. The van der Waals surface area contributed by atoms with E-state index in [-0.39, 0.29) is 32.1 Å². The molecule has 0 spiro atoms. The SMILES string of the molecule is CC(=O)O.O=C1C(=O)C2CCCCC2C1=O.[H-].[Li+]. The maximum absolute atomic E-state index is 11.2. The van der Waals surface area contributed by atoms with Crippen molar-refractivity contribution in [3.05, 3.63) is 0 Å². The molecule has 2 atom stereocenters. The van der Waals surface area contributed by atoms with Gasteiger partial charge in [0.1, 0.15) is 0 Å². The summed E-state index contributed by atoms with van der Waals surface area (Å²) in [6, 6.07) is 0. The van der Waals surface area contributed by atoms with Gasteiger partial charge in [0.15, 0.2) is 0 Å². The van der Waals surface area contributed by atoms with Crippen molar-refractivity contribution in [3.8, 4) is 0 Å². The van der Waals surface area contributed by atoms with E-state index in [1.807, 2.05) is 0 Å². The predicted octanol–water partition coefficient (Wildman–Crippen LogP) is -2.28. The fraction of sp³-hybridized carbons (Fsp3) is 0.636. The molecule has 0 bridgehead atoms. The molecule has 2 aliphatic carbocycles. The first-order valence-electron chi connectivity index (χ1n) is 5.27. The number of fused-ring (bicyclic) bond motifs is 1. The molecule has 90 valence electrons. The first kappa shape index (κ1) is 16.1. The van der Waals surface area contributed by atoms with Crippen LogP contribution >= 0.6 is 0 Å². The number of rotatable bonds is 0. The summed E-state index contributed by atoms with van der Waals surface area (Å²) in [5, 5.41) is 7.42. The molecule has 1 N–H and O–H groups in total. The molecular formula is C11H15LiO5. The summed E-state index contributed by atoms with van der Waals surface area (Å²) in [6.45, 7) is 1.08. The molecule has 0 aromatic heterocycles. The van der Waals surface area contributed by atoms with Crippen LogP contribution in [0, 0.1) is 11.8 Å². The Morgan fingerprint density at radius 2 is 1.41 bits per heavy atom. The third-order valence-corrected chi connectivity index (χ3v) is 2.89. The number of aliphatic carboxylic acids is 1. The van der Waals surface area contributed by atoms with Crippen LogP contribution in [0.2, 0.25) is 0 Å². The van der Waals surface area contributed by atoms with E-state index in [1.165, 1.54) is 0 Å². The van der Waals surface area contributed by atoms with E-state index >= 15 is 0 Å². The monoisotopic (exact) mass is 234 g/mol. The van der Waals surface area contributed by atoms with Crippen molar-refractivity contribution in [3.63, 3.8) is 0 Å². The van der Waals surface area contributed by atoms with Crippen LogP contribution in [0.4, 0.5) is 0 Å². The van der Waals surface area contributed by atoms with Crippen molar-refractivity contribution >= 4 is 23.3 Å². The van der Waals surface area contributed by atoms with Crippen molar-refractivity contribution in [1.29, 1.82) is 0 Å². The van der Waals surface area contributed by atoms with Crippen LogP contribution in [0.25, 0.3) is 0 Å². The van der Waals surface area contributed by atoms with Gasteiger partial charge in [-0.2, -0.15) is 0 Å². The van der Waals surface area contributed by atoms with Crippen LogP contribution in [0.5, 0.6) is 0 Å². The normalized spacial score (nSPS) is 26.5. The molecule has 0 aliphatic heterocycles. The van der Waals surface area contributed by atoms with Gasteiger partial charge in [-0.1, -0.05) is 12.8 Å². The first-order valence-corrected chi connectivity index (χ1v) is 5.27. The minimum absolute atomic E-state index is 0. The molecule has 0 amide bonds. The van der Waals surface area contributed by atoms with Gasteiger partial charge in [-0.3, -0.25) is 19.2 Å². The number of ketones is 3. The van der Waals surface area contributed by atoms with Crippen LogP contribution in [-0.4, -0.2) is 28.4 Å². The van der Waals surface area contributed by atoms with E-state index in [4.69, 9.17) is 9.90 Å². The van der Waals surface area contributed by atoms with Crippen LogP contribution in [0.1, 0.15) is 34.0 Å². The molecule has 5 nitrogen and oxygen atoms in total. The molecular weight excluding hydrogens is 219 g/mol. The molecule has 2 rings (SSSR count). The summed E-state index contributed by atoms with van der Waals surface area (Å²) >= 11 is 0. The zero-order chi connectivity index (χ0) is 12.3. The number of carboxylic acids is 1. The molecule has 0 radical (unpaired) electrons. The van der Waals surface area contributed by atoms with Gasteiger partial charge in [0.25, 0.3) is 11.8 Å². The van der Waals surface area contributed by atoms with Gasteiger partial charge in [0.05, 0.1) is 0 Å². The second-order valence-corrected chi connectivity index (χ2v) is 4.07. The van der Waals surface area contributed by atoms with Crippen molar-refractivity contribution in [2.75, 3.05) is 0 Å². The fourth-order valence-corrected chi connectivity index (χ4v) is 2.22. The third kappa shape index (κ3) is 3.79. The van der Waals surface area contributed by atoms with Crippen LogP contribution in [0.15, 0.2) is 0 Å². The average Bonchev–Trinajstić information content (AvgIpc) is 2.44. The van der Waals surface area contributed by atoms with Gasteiger partial charge >= 0.3 is 18.9 Å². The summed E-state index contributed by atoms with van der Waals surface area (Å²) in [7, 11) is 0. The second-order valence-electron chi connectivity index (χ2n) is 4.07. The Morgan fingerprint density at radius 3 is 1.71 bits per heavy atom. The largest absolute Gasteiger partial charge is 1.00 e. The Kier molecular flexibility index (Phi) is 6.36. The van der Waals surface area contributed by atoms with E-state index < -0.39 is 23.3 Å². The Labute approximate surface area is 113 Å². The molecule has 2 aliphatic rings. The van der Waals surface area contributed by atoms with E-state index in [0.29, 0.717) is 0 Å². The van der Waals surface area contributed by atoms with Crippen LogP contribution < -0.4 is 18.9 Å². The zero-order valence-corrected chi connectivity index (χ0v) is 10.1. The van der Waals surface area contributed by atoms with Crippen LogP contribution in [0.3, 0.4) is 0 Å². The van der Waals surface area contributed by atoms with Gasteiger partial charge < -0.3 is 6.53 Å². The molecule has 17 heavy (non-hydrogen) atoms. The first-order chi connectivity index (χ1) is 7.45. The molecule has 0 saturated heterocycles. The van der Waals surface area contributed by atoms with Gasteiger partial charge in [-0.05, 0) is 12.8 Å². The van der Waals surface area contributed by atoms with Crippen molar-refractivity contribution in [1.82, 2.24) is 0 Å². The Bertz CT molecular complexity index is 325. The second kappa shape index (κ2) is 6.73.